The number of rotatable bonds is 1. The molecule has 3 heterocycles. The Kier molecular flexibility index (Phi) is 5.16. The third-order valence-corrected chi connectivity index (χ3v) is 4.60. The number of nitrogens with one attached hydrogen (secondary N) is 1. The molecule has 2 atom stereocenters. The van der Waals surface area contributed by atoms with Crippen molar-refractivity contribution in [1.82, 2.24) is 15.2 Å². The molecule has 0 aromatic heterocycles. The normalized spacial score (nSPS) is 25.6. The molecule has 1 N–H and O–H groups in total. The van der Waals surface area contributed by atoms with Gasteiger partial charge in [0.1, 0.15) is 17.1 Å². The van der Waals surface area contributed by atoms with Gasteiger partial charge in [-0.2, -0.15) is 23.3 Å². The predicted molar refractivity (Wildman–Crippen MR) is 94.8 cm³/mol. The summed E-state index contributed by atoms with van der Waals surface area (Å²) in [5, 5.41) is 7.12. The number of amides is 2. The van der Waals surface area contributed by atoms with Crippen molar-refractivity contribution in [3.63, 3.8) is 0 Å². The van der Waals surface area contributed by atoms with Crippen LogP contribution in [0.4, 0.5) is 18.0 Å². The first-order chi connectivity index (χ1) is 13.0. The molecule has 28 heavy (non-hydrogen) atoms. The number of allylic oxidation sites excluding steroid dienone is 1. The van der Waals surface area contributed by atoms with Crippen LogP contribution in [0.2, 0.25) is 0 Å². The van der Waals surface area contributed by atoms with Gasteiger partial charge in [0.05, 0.1) is 0 Å². The third-order valence-electron chi connectivity index (χ3n) is 4.60. The van der Waals surface area contributed by atoms with Gasteiger partial charge in [-0.1, -0.05) is 0 Å². The lowest BCUT2D eigenvalue weighted by Crippen LogP contribution is -2.51. The maximum absolute atomic E-state index is 13.0. The van der Waals surface area contributed by atoms with Crippen LogP contribution in [0, 0.1) is 5.92 Å². The molecule has 3 aliphatic rings. The van der Waals surface area contributed by atoms with E-state index in [1.807, 2.05) is 0 Å². The van der Waals surface area contributed by atoms with Gasteiger partial charge in [0, 0.05) is 30.8 Å². The molecule has 7 nitrogen and oxygen atoms in total. The average molecular weight is 400 g/mol. The minimum atomic E-state index is -4.67. The predicted octanol–water partition coefficient (Wildman–Crippen LogP) is 3.11. The largest absolute Gasteiger partial charge is 0.444 e. The number of hydrogen-bond acceptors (Lipinski definition) is 5. The first kappa shape index (κ1) is 20.2. The van der Waals surface area contributed by atoms with Gasteiger partial charge in [0.15, 0.2) is 0 Å². The number of piperidine rings is 1. The van der Waals surface area contributed by atoms with Crippen LogP contribution in [0.15, 0.2) is 28.8 Å². The molecule has 1 saturated heterocycles. The second kappa shape index (κ2) is 7.14. The molecule has 2 amide bonds. The zero-order valence-corrected chi connectivity index (χ0v) is 15.9. The van der Waals surface area contributed by atoms with Crippen molar-refractivity contribution >= 4 is 18.2 Å². The van der Waals surface area contributed by atoms with Crippen molar-refractivity contribution in [2.24, 2.45) is 11.0 Å². The van der Waals surface area contributed by atoms with Crippen LogP contribution in [0.25, 0.3) is 0 Å². The number of ether oxygens (including phenoxy) is 1. The molecule has 0 aromatic rings. The summed E-state index contributed by atoms with van der Waals surface area (Å²) in [6, 6.07) is -0.306. The first-order valence-electron chi connectivity index (χ1n) is 9.11. The smallest absolute Gasteiger partial charge is 0.431 e. The van der Waals surface area contributed by atoms with Crippen LogP contribution in [0.1, 0.15) is 40.0 Å². The summed E-state index contributed by atoms with van der Waals surface area (Å²) in [7, 11) is 0. The van der Waals surface area contributed by atoms with Gasteiger partial charge in [-0.05, 0) is 46.1 Å². The highest BCUT2D eigenvalue weighted by atomic mass is 19.4. The van der Waals surface area contributed by atoms with Gasteiger partial charge >= 0.3 is 12.3 Å². The molecule has 3 aliphatic heterocycles. The molecule has 3 rings (SSSR count). The Balaban J connectivity index is 1.83. The Morgan fingerprint density at radius 2 is 2.00 bits per heavy atom. The quantitative estimate of drug-likeness (QED) is 0.734. The molecular formula is C18H23F3N4O3. The maximum atomic E-state index is 13.0. The van der Waals surface area contributed by atoms with E-state index < -0.39 is 35.4 Å². The average Bonchev–Trinajstić information content (AvgIpc) is 2.59. The number of carbonyl (C=O) groups is 2. The number of likely N-dealkylation sites (tertiary alicyclic amines) is 1. The van der Waals surface area contributed by atoms with E-state index in [1.54, 1.807) is 25.7 Å². The summed E-state index contributed by atoms with van der Waals surface area (Å²) in [6.45, 7) is 5.81. The van der Waals surface area contributed by atoms with E-state index in [2.05, 4.69) is 10.4 Å². The van der Waals surface area contributed by atoms with Crippen LogP contribution < -0.4 is 5.32 Å². The zero-order chi connectivity index (χ0) is 20.7. The fourth-order valence-corrected chi connectivity index (χ4v) is 3.40. The zero-order valence-electron chi connectivity index (χ0n) is 15.9. The van der Waals surface area contributed by atoms with Crippen LogP contribution in [0.5, 0.6) is 0 Å². The fraction of sp³-hybridized carbons (Fsp3) is 0.611. The van der Waals surface area contributed by atoms with E-state index in [-0.39, 0.29) is 11.9 Å². The number of hydrogen-bond donors (Lipinski definition) is 1. The Bertz CT molecular complexity index is 752. The van der Waals surface area contributed by atoms with Gasteiger partial charge in [0.2, 0.25) is 0 Å². The summed E-state index contributed by atoms with van der Waals surface area (Å²) in [5.74, 6) is -1.37. The Morgan fingerprint density at radius 3 is 2.64 bits per heavy atom. The van der Waals surface area contributed by atoms with Gasteiger partial charge in [-0.15, -0.1) is 0 Å². The highest BCUT2D eigenvalue weighted by molar-refractivity contribution is 5.92. The van der Waals surface area contributed by atoms with Crippen molar-refractivity contribution in [2.45, 2.75) is 57.9 Å². The lowest BCUT2D eigenvalue weighted by atomic mass is 9.90. The number of hydrazone groups is 1. The second-order valence-corrected chi connectivity index (χ2v) is 7.96. The van der Waals surface area contributed by atoms with Gasteiger partial charge in [-0.25, -0.2) is 4.79 Å². The van der Waals surface area contributed by atoms with Crippen LogP contribution >= 0.6 is 0 Å². The molecule has 0 aromatic carbocycles. The molecule has 0 radical (unpaired) electrons. The summed E-state index contributed by atoms with van der Waals surface area (Å²) >= 11 is 0. The van der Waals surface area contributed by atoms with Crippen LogP contribution in [-0.2, 0) is 9.53 Å². The van der Waals surface area contributed by atoms with Gasteiger partial charge in [0.25, 0.3) is 5.91 Å². The van der Waals surface area contributed by atoms with E-state index >= 15 is 0 Å². The molecule has 0 saturated carbocycles. The lowest BCUT2D eigenvalue weighted by molar-refractivity contribution is -0.128. The Morgan fingerprint density at radius 1 is 1.29 bits per heavy atom. The van der Waals surface area contributed by atoms with E-state index in [1.165, 1.54) is 12.3 Å². The Hall–Kier alpha value is -2.52. The van der Waals surface area contributed by atoms with Crippen molar-refractivity contribution in [3.05, 3.63) is 23.7 Å². The number of alkyl halides is 3. The SMILES string of the molecule is CC(C)(C)OC(=O)N1CCCCC1C1C=NN2C(=O)C=C(C(F)(F)F)NC2=C1. The first-order valence-corrected chi connectivity index (χ1v) is 9.11. The lowest BCUT2D eigenvalue weighted by Gasteiger charge is -2.40. The molecule has 2 unspecified atom stereocenters. The minimum Gasteiger partial charge on any atom is -0.444 e. The van der Waals surface area contributed by atoms with E-state index in [0.717, 1.165) is 17.9 Å². The molecule has 0 spiro atoms. The fourth-order valence-electron chi connectivity index (χ4n) is 3.40. The third kappa shape index (κ3) is 4.31. The van der Waals surface area contributed by atoms with E-state index in [0.29, 0.717) is 19.0 Å². The second-order valence-electron chi connectivity index (χ2n) is 7.96. The number of fused-ring (bicyclic) bond motifs is 1. The van der Waals surface area contributed by atoms with E-state index in [4.69, 9.17) is 4.74 Å². The minimum absolute atomic E-state index is 0.0537. The highest BCUT2D eigenvalue weighted by Gasteiger charge is 2.41. The number of carbonyl (C=O) groups excluding carboxylic acids is 2. The summed E-state index contributed by atoms with van der Waals surface area (Å²) in [4.78, 5) is 26.2. The van der Waals surface area contributed by atoms with Gasteiger partial charge < -0.3 is 15.0 Å². The maximum Gasteiger partial charge on any atom is 0.431 e. The van der Waals surface area contributed by atoms with Crippen molar-refractivity contribution in [3.8, 4) is 0 Å². The molecular weight excluding hydrogens is 377 g/mol. The summed E-state index contributed by atoms with van der Waals surface area (Å²) < 4.78 is 44.5. The monoisotopic (exact) mass is 400 g/mol. The highest BCUT2D eigenvalue weighted by Crippen LogP contribution is 2.32. The van der Waals surface area contributed by atoms with Crippen molar-refractivity contribution in [1.29, 1.82) is 0 Å². The van der Waals surface area contributed by atoms with Crippen molar-refractivity contribution in [2.75, 3.05) is 6.54 Å². The van der Waals surface area contributed by atoms with Crippen LogP contribution in [-0.4, -0.2) is 52.5 Å². The molecule has 0 aliphatic carbocycles. The number of nitrogens with zero attached hydrogens (tertiary/aromatic N) is 3. The van der Waals surface area contributed by atoms with Crippen LogP contribution in [0.3, 0.4) is 0 Å². The standard InChI is InChI=1S/C18H23F3N4O3/c1-17(2,3)28-16(27)24-7-5-4-6-12(24)11-8-14-23-13(18(19,20)21)9-15(26)25(14)22-10-11/h8-12,23H,4-7H2,1-3H3. The topological polar surface area (TPSA) is 74.2 Å². The van der Waals surface area contributed by atoms with E-state index in [9.17, 15) is 22.8 Å². The molecule has 0 bridgehead atoms. The number of halogens is 3. The molecule has 154 valence electrons. The molecule has 10 heteroatoms. The molecule has 1 fully saturated rings. The van der Waals surface area contributed by atoms with Crippen molar-refractivity contribution < 1.29 is 27.5 Å². The summed E-state index contributed by atoms with van der Waals surface area (Å²) in [6.07, 6.45) is 0.696. The van der Waals surface area contributed by atoms with Gasteiger partial charge in [-0.3, -0.25) is 4.79 Å². The Labute approximate surface area is 160 Å². The summed E-state index contributed by atoms with van der Waals surface area (Å²) in [5.41, 5.74) is -1.79.